The molecule has 0 spiro atoms. The highest BCUT2D eigenvalue weighted by Crippen LogP contribution is 2.40. The second kappa shape index (κ2) is 18.5. The third-order valence-electron chi connectivity index (χ3n) is 9.15. The van der Waals surface area contributed by atoms with Gasteiger partial charge in [0.05, 0.1) is 24.3 Å². The summed E-state index contributed by atoms with van der Waals surface area (Å²) >= 11 is 12.8. The zero-order valence-electron chi connectivity index (χ0n) is 31.5. The van der Waals surface area contributed by atoms with Crippen LogP contribution in [0.4, 0.5) is 11.4 Å². The highest BCUT2D eigenvalue weighted by molar-refractivity contribution is 6.35. The topological polar surface area (TPSA) is 55.8 Å². The van der Waals surface area contributed by atoms with E-state index in [0.29, 0.717) is 32.3 Å². The summed E-state index contributed by atoms with van der Waals surface area (Å²) in [6.07, 6.45) is 5.90. The number of carbonyl (C=O) groups is 2. The molecule has 0 amide bonds. The van der Waals surface area contributed by atoms with Crippen molar-refractivity contribution in [3.63, 3.8) is 0 Å². The van der Waals surface area contributed by atoms with Crippen molar-refractivity contribution in [2.45, 2.75) is 20.8 Å². The van der Waals surface area contributed by atoms with Crippen molar-refractivity contribution in [3.05, 3.63) is 197 Å². The minimum atomic E-state index is -0.544. The predicted octanol–water partition coefficient (Wildman–Crippen LogP) is 13.7. The van der Waals surface area contributed by atoms with Gasteiger partial charge in [-0.15, -0.1) is 0 Å². The van der Waals surface area contributed by atoms with Gasteiger partial charge in [-0.05, 0) is 114 Å². The van der Waals surface area contributed by atoms with E-state index in [2.05, 4.69) is 66.1 Å². The fourth-order valence-corrected chi connectivity index (χ4v) is 7.19. The van der Waals surface area contributed by atoms with Crippen molar-refractivity contribution < 1.29 is 19.1 Å². The van der Waals surface area contributed by atoms with Crippen LogP contribution in [0.2, 0.25) is 10.0 Å². The number of rotatable bonds is 13. The van der Waals surface area contributed by atoms with Gasteiger partial charge in [-0.1, -0.05) is 133 Å². The van der Waals surface area contributed by atoms with E-state index in [1.165, 1.54) is 0 Å². The Kier molecular flexibility index (Phi) is 13.0. The van der Waals surface area contributed by atoms with Crippen LogP contribution in [0.3, 0.4) is 0 Å². The molecule has 0 aliphatic carbocycles. The summed E-state index contributed by atoms with van der Waals surface area (Å²) < 4.78 is 11.0. The van der Waals surface area contributed by atoms with E-state index in [1.54, 1.807) is 50.3 Å². The molecule has 5 nitrogen and oxygen atoms in total. The Morgan fingerprint density at radius 1 is 0.607 bits per heavy atom. The predicted molar refractivity (Wildman–Crippen MR) is 232 cm³/mol. The summed E-state index contributed by atoms with van der Waals surface area (Å²) in [7, 11) is 0. The van der Waals surface area contributed by atoms with Crippen LogP contribution < -0.4 is 4.90 Å². The van der Waals surface area contributed by atoms with Crippen LogP contribution in [0.5, 0.6) is 0 Å². The summed E-state index contributed by atoms with van der Waals surface area (Å²) in [5.74, 6) is -1.08. The monoisotopic (exact) mass is 777 g/mol. The number of halogens is 2. The number of benzene rings is 6. The van der Waals surface area contributed by atoms with E-state index in [9.17, 15) is 9.59 Å². The summed E-state index contributed by atoms with van der Waals surface area (Å²) in [5.41, 5.74) is 9.76. The molecule has 6 aromatic rings. The van der Waals surface area contributed by atoms with E-state index in [-0.39, 0.29) is 24.3 Å². The SMILES string of the molecule is C=C/C=C(\C(=C/C)N(c1ccc(-c2ccccc2)cc1)c1ccc(-c2cc(C(=O)OCC)c(-c3cc(Cl)cc(Cl)c3)cc2C(=O)OCC)cc1)c1ccccc1. The zero-order valence-corrected chi connectivity index (χ0v) is 33.0. The van der Waals surface area contributed by atoms with Gasteiger partial charge in [0.25, 0.3) is 0 Å². The largest absolute Gasteiger partial charge is 0.462 e. The van der Waals surface area contributed by atoms with Crippen molar-refractivity contribution >= 4 is 52.1 Å². The van der Waals surface area contributed by atoms with Crippen LogP contribution in [0.1, 0.15) is 47.1 Å². The number of carbonyl (C=O) groups excluding carboxylic acids is 2. The first-order valence-corrected chi connectivity index (χ1v) is 19.1. The first kappa shape index (κ1) is 39.6. The molecule has 0 saturated heterocycles. The Morgan fingerprint density at radius 3 is 1.55 bits per heavy atom. The lowest BCUT2D eigenvalue weighted by Crippen LogP contribution is -2.18. The number of hydrogen-bond acceptors (Lipinski definition) is 5. The second-order valence-corrected chi connectivity index (χ2v) is 13.6. The molecule has 0 atom stereocenters. The van der Waals surface area contributed by atoms with Crippen LogP contribution >= 0.6 is 23.2 Å². The zero-order chi connectivity index (χ0) is 39.6. The number of allylic oxidation sites excluding steroid dienone is 4. The lowest BCUT2D eigenvalue weighted by Gasteiger charge is -2.30. The molecule has 7 heteroatoms. The molecular formula is C49H41Cl2NO4. The van der Waals surface area contributed by atoms with Crippen molar-refractivity contribution in [3.8, 4) is 33.4 Å². The molecule has 56 heavy (non-hydrogen) atoms. The molecule has 6 rings (SSSR count). The molecule has 280 valence electrons. The molecule has 0 fully saturated rings. The molecule has 0 aliphatic rings. The summed E-state index contributed by atoms with van der Waals surface area (Å²) in [5, 5.41) is 0.774. The Labute approximate surface area is 338 Å². The maximum Gasteiger partial charge on any atom is 0.338 e. The minimum Gasteiger partial charge on any atom is -0.462 e. The maximum absolute atomic E-state index is 13.6. The van der Waals surface area contributed by atoms with Gasteiger partial charge in [0, 0.05) is 32.7 Å². The lowest BCUT2D eigenvalue weighted by molar-refractivity contribution is 0.0513. The second-order valence-electron chi connectivity index (χ2n) is 12.7. The van der Waals surface area contributed by atoms with E-state index >= 15 is 0 Å². The van der Waals surface area contributed by atoms with Crippen molar-refractivity contribution in [1.29, 1.82) is 0 Å². The van der Waals surface area contributed by atoms with Gasteiger partial charge in [-0.3, -0.25) is 0 Å². The average Bonchev–Trinajstić information content (AvgIpc) is 3.22. The van der Waals surface area contributed by atoms with Gasteiger partial charge < -0.3 is 14.4 Å². The lowest BCUT2D eigenvalue weighted by atomic mass is 9.90. The molecule has 0 bridgehead atoms. The maximum atomic E-state index is 13.6. The molecule has 0 aromatic heterocycles. The Hall–Kier alpha value is -6.14. The van der Waals surface area contributed by atoms with E-state index in [1.807, 2.05) is 73.7 Å². The molecule has 0 radical (unpaired) electrons. The first-order valence-electron chi connectivity index (χ1n) is 18.4. The number of hydrogen-bond donors (Lipinski definition) is 0. The third kappa shape index (κ3) is 8.87. The van der Waals surface area contributed by atoms with Crippen molar-refractivity contribution in [2.24, 2.45) is 0 Å². The van der Waals surface area contributed by atoms with Crippen LogP contribution in [-0.2, 0) is 9.47 Å². The van der Waals surface area contributed by atoms with Gasteiger partial charge in [0.2, 0.25) is 0 Å². The molecule has 0 N–H and O–H groups in total. The quantitative estimate of drug-likeness (QED) is 0.0863. The molecule has 0 aliphatic heterocycles. The van der Waals surface area contributed by atoms with Crippen LogP contribution in [-0.4, -0.2) is 25.2 Å². The summed E-state index contributed by atoms with van der Waals surface area (Å²) in [6.45, 7) is 9.88. The van der Waals surface area contributed by atoms with E-state index in [4.69, 9.17) is 32.7 Å². The number of esters is 2. The number of anilines is 2. The van der Waals surface area contributed by atoms with Gasteiger partial charge in [-0.2, -0.15) is 0 Å². The standard InChI is InChI=1S/C49H41Cl2NO4/c1-5-15-42(35-18-13-10-14-19-35)47(6-2)52(40-24-20-34(21-25-40)33-16-11-9-12-17-33)41-26-22-36(23-27-41)43-31-46(49(54)56-8-4)44(32-45(43)48(53)55-7-3)37-28-38(50)30-39(51)29-37/h5-6,9-32H,1,7-8H2,2-4H3/b42-15-,47-6+. The fourth-order valence-electron chi connectivity index (χ4n) is 6.66. The molecular weight excluding hydrogens is 737 g/mol. The van der Waals surface area contributed by atoms with Crippen LogP contribution in [0, 0.1) is 0 Å². The smallest absolute Gasteiger partial charge is 0.338 e. The average molecular weight is 779 g/mol. The van der Waals surface area contributed by atoms with E-state index in [0.717, 1.165) is 39.3 Å². The normalized spacial score (nSPS) is 11.5. The highest BCUT2D eigenvalue weighted by atomic mass is 35.5. The van der Waals surface area contributed by atoms with Gasteiger partial charge in [0.1, 0.15) is 0 Å². The van der Waals surface area contributed by atoms with Crippen molar-refractivity contribution in [1.82, 2.24) is 0 Å². The molecule has 0 unspecified atom stereocenters. The van der Waals surface area contributed by atoms with Crippen molar-refractivity contribution in [2.75, 3.05) is 18.1 Å². The number of nitrogens with zero attached hydrogens (tertiary/aromatic N) is 1. The fraction of sp³-hybridized carbons (Fsp3) is 0.102. The first-order chi connectivity index (χ1) is 27.3. The minimum absolute atomic E-state index is 0.166. The van der Waals surface area contributed by atoms with Gasteiger partial charge in [0.15, 0.2) is 0 Å². The molecule has 0 saturated carbocycles. The number of ether oxygens (including phenoxy) is 2. The van der Waals surface area contributed by atoms with E-state index < -0.39 is 11.9 Å². The molecule has 6 aromatic carbocycles. The van der Waals surface area contributed by atoms with Crippen LogP contribution in [0.25, 0.3) is 39.0 Å². The summed E-state index contributed by atoms with van der Waals surface area (Å²) in [6, 6.07) is 45.1. The molecule has 0 heterocycles. The third-order valence-corrected chi connectivity index (χ3v) is 9.59. The highest BCUT2D eigenvalue weighted by Gasteiger charge is 2.24. The summed E-state index contributed by atoms with van der Waals surface area (Å²) in [4.78, 5) is 29.4. The Balaban J connectivity index is 1.52. The van der Waals surface area contributed by atoms with Gasteiger partial charge in [-0.25, -0.2) is 9.59 Å². The van der Waals surface area contributed by atoms with Gasteiger partial charge >= 0.3 is 11.9 Å². The Morgan fingerprint density at radius 2 is 1.07 bits per heavy atom. The van der Waals surface area contributed by atoms with Crippen LogP contribution in [0.15, 0.2) is 170 Å². The Bertz CT molecular complexity index is 2380.